The number of aliphatic hydroxyl groups excluding tert-OH is 1. The van der Waals surface area contributed by atoms with Crippen molar-refractivity contribution in [3.8, 4) is 0 Å². The highest BCUT2D eigenvalue weighted by Crippen LogP contribution is 2.28. The fourth-order valence-electron chi connectivity index (χ4n) is 5.84. The minimum absolute atomic E-state index is 0.0127. The molecule has 1 unspecified atom stereocenters. The van der Waals surface area contributed by atoms with E-state index in [1.807, 2.05) is 18.7 Å². The van der Waals surface area contributed by atoms with E-state index in [9.17, 15) is 37.3 Å². The number of aliphatic hydroxyl groups is 1. The van der Waals surface area contributed by atoms with Crippen molar-refractivity contribution in [2.45, 2.75) is 102 Å². The van der Waals surface area contributed by atoms with Crippen LogP contribution in [-0.4, -0.2) is 90.0 Å². The lowest BCUT2D eigenvalue weighted by atomic mass is 9.89. The van der Waals surface area contributed by atoms with Gasteiger partial charge in [0, 0.05) is 25.4 Å². The van der Waals surface area contributed by atoms with Gasteiger partial charge < -0.3 is 30.7 Å². The fourth-order valence-corrected chi connectivity index (χ4v) is 6.43. The van der Waals surface area contributed by atoms with Crippen LogP contribution in [-0.2, 0) is 29.2 Å². The standard InChI is InChI=1S/C26H44N4O9S/c1-16(2)12-20(24(33)28-21(25(34)40(36,37)38)13-18-10-11-27-23(18)32)29-26(35)39-15-19-8-9-22(31)30(19)14-17-6-4-3-5-7-17/h16-21,25,34H,3-15H2,1-2H3,(H,27,32)(H,28,33)(H,29,35)(H,36,37,38)/t18-,19+,20-,21-,25?/m0/s1. The van der Waals surface area contributed by atoms with Crippen molar-refractivity contribution in [2.75, 3.05) is 19.7 Å². The molecule has 5 atom stereocenters. The number of amides is 4. The van der Waals surface area contributed by atoms with Gasteiger partial charge in [-0.1, -0.05) is 33.1 Å². The van der Waals surface area contributed by atoms with E-state index in [0.717, 1.165) is 25.7 Å². The van der Waals surface area contributed by atoms with Crippen molar-refractivity contribution >= 4 is 33.9 Å². The highest BCUT2D eigenvalue weighted by Gasteiger charge is 2.38. The Labute approximate surface area is 235 Å². The third kappa shape index (κ3) is 9.30. The van der Waals surface area contributed by atoms with Crippen molar-refractivity contribution < 1.29 is 42.0 Å². The summed E-state index contributed by atoms with van der Waals surface area (Å²) in [5.74, 6) is -1.34. The lowest BCUT2D eigenvalue weighted by molar-refractivity contribution is -0.130. The number of nitrogens with one attached hydrogen (secondary N) is 3. The average molecular weight is 589 g/mol. The summed E-state index contributed by atoms with van der Waals surface area (Å²) < 4.78 is 38.1. The first kappa shape index (κ1) is 32.1. The number of rotatable bonds is 13. The number of likely N-dealkylation sites (tertiary alicyclic amines) is 1. The molecule has 40 heavy (non-hydrogen) atoms. The van der Waals surface area contributed by atoms with Crippen molar-refractivity contribution in [3.63, 3.8) is 0 Å². The molecule has 0 spiro atoms. The zero-order chi connectivity index (χ0) is 29.4. The number of carbonyl (C=O) groups excluding carboxylic acids is 4. The first-order valence-electron chi connectivity index (χ1n) is 14.3. The summed E-state index contributed by atoms with van der Waals surface area (Å²) in [4.78, 5) is 52.2. The number of ether oxygens (including phenoxy) is 1. The maximum Gasteiger partial charge on any atom is 0.407 e. The summed E-state index contributed by atoms with van der Waals surface area (Å²) in [7, 11) is -4.95. The fraction of sp³-hybridized carbons (Fsp3) is 0.846. The van der Waals surface area contributed by atoms with Gasteiger partial charge in [0.15, 0.2) is 0 Å². The van der Waals surface area contributed by atoms with Gasteiger partial charge in [-0.25, -0.2) is 4.79 Å². The third-order valence-corrected chi connectivity index (χ3v) is 8.97. The molecule has 0 aromatic rings. The van der Waals surface area contributed by atoms with Crippen LogP contribution in [0.15, 0.2) is 0 Å². The monoisotopic (exact) mass is 588 g/mol. The van der Waals surface area contributed by atoms with Crippen LogP contribution in [0.4, 0.5) is 4.79 Å². The topological polar surface area (TPSA) is 191 Å². The SMILES string of the molecule is CC(C)C[C@H](NC(=O)OC[C@H]1CCC(=O)N1CC1CCCCC1)C(=O)N[C@@H](C[C@@H]1CCNC1=O)C(O)S(=O)(=O)O. The van der Waals surface area contributed by atoms with Crippen LogP contribution in [0.1, 0.15) is 78.1 Å². The minimum Gasteiger partial charge on any atom is -0.447 e. The van der Waals surface area contributed by atoms with Crippen LogP contribution >= 0.6 is 0 Å². The molecule has 2 saturated heterocycles. The molecule has 14 heteroatoms. The van der Waals surface area contributed by atoms with E-state index >= 15 is 0 Å². The Balaban J connectivity index is 1.60. The van der Waals surface area contributed by atoms with Gasteiger partial charge in [-0.05, 0) is 50.4 Å². The van der Waals surface area contributed by atoms with E-state index in [1.54, 1.807) is 0 Å². The lowest BCUT2D eigenvalue weighted by Crippen LogP contribution is -2.55. The van der Waals surface area contributed by atoms with E-state index < -0.39 is 45.6 Å². The largest absolute Gasteiger partial charge is 0.447 e. The molecular weight excluding hydrogens is 544 g/mol. The maximum atomic E-state index is 13.2. The van der Waals surface area contributed by atoms with Gasteiger partial charge in [-0.2, -0.15) is 8.42 Å². The quantitative estimate of drug-likeness (QED) is 0.195. The van der Waals surface area contributed by atoms with Crippen molar-refractivity contribution in [2.24, 2.45) is 17.8 Å². The van der Waals surface area contributed by atoms with Crippen LogP contribution in [0, 0.1) is 17.8 Å². The Hall–Kier alpha value is -2.45. The first-order chi connectivity index (χ1) is 18.8. The number of alkyl carbamates (subject to hydrolysis) is 1. The highest BCUT2D eigenvalue weighted by atomic mass is 32.2. The molecule has 228 valence electrons. The predicted molar refractivity (Wildman–Crippen MR) is 144 cm³/mol. The zero-order valence-electron chi connectivity index (χ0n) is 23.3. The second-order valence-corrected chi connectivity index (χ2v) is 13.2. The highest BCUT2D eigenvalue weighted by molar-refractivity contribution is 7.86. The molecular formula is C26H44N4O9S. The second kappa shape index (κ2) is 14.4. The van der Waals surface area contributed by atoms with Crippen LogP contribution < -0.4 is 16.0 Å². The van der Waals surface area contributed by atoms with E-state index in [2.05, 4.69) is 16.0 Å². The summed E-state index contributed by atoms with van der Waals surface area (Å²) in [6.07, 6.45) is 6.16. The molecule has 2 aliphatic heterocycles. The summed E-state index contributed by atoms with van der Waals surface area (Å²) >= 11 is 0. The average Bonchev–Trinajstić information content (AvgIpc) is 3.45. The summed E-state index contributed by atoms with van der Waals surface area (Å²) in [6, 6.07) is -2.85. The molecule has 0 aromatic carbocycles. The van der Waals surface area contributed by atoms with Crippen LogP contribution in [0.3, 0.4) is 0 Å². The third-order valence-electron chi connectivity index (χ3n) is 8.03. The van der Waals surface area contributed by atoms with Crippen LogP contribution in [0.25, 0.3) is 0 Å². The van der Waals surface area contributed by atoms with Crippen molar-refractivity contribution in [1.29, 1.82) is 0 Å². The smallest absolute Gasteiger partial charge is 0.407 e. The van der Waals surface area contributed by atoms with E-state index in [1.165, 1.54) is 6.42 Å². The molecule has 3 aliphatic rings. The van der Waals surface area contributed by atoms with Gasteiger partial charge in [0.2, 0.25) is 23.2 Å². The summed E-state index contributed by atoms with van der Waals surface area (Å²) in [6.45, 7) is 4.67. The maximum absolute atomic E-state index is 13.2. The molecule has 0 aromatic heterocycles. The molecule has 0 bridgehead atoms. The molecule has 3 rings (SSSR count). The van der Waals surface area contributed by atoms with Gasteiger partial charge in [-0.3, -0.25) is 18.9 Å². The Kier molecular flexibility index (Phi) is 11.6. The molecule has 1 aliphatic carbocycles. The van der Waals surface area contributed by atoms with E-state index in [0.29, 0.717) is 38.3 Å². The zero-order valence-corrected chi connectivity index (χ0v) is 24.2. The van der Waals surface area contributed by atoms with E-state index in [-0.39, 0.29) is 43.2 Å². The summed E-state index contributed by atoms with van der Waals surface area (Å²) in [5, 5.41) is 17.8. The van der Waals surface area contributed by atoms with Crippen molar-refractivity contribution in [3.05, 3.63) is 0 Å². The normalized spacial score (nSPS) is 24.5. The number of hydrogen-bond acceptors (Lipinski definition) is 8. The number of hydrogen-bond donors (Lipinski definition) is 5. The summed E-state index contributed by atoms with van der Waals surface area (Å²) in [5.41, 5.74) is -2.36. The molecule has 0 radical (unpaired) electrons. The van der Waals surface area contributed by atoms with Gasteiger partial charge in [0.1, 0.15) is 12.6 Å². The molecule has 2 heterocycles. The van der Waals surface area contributed by atoms with Gasteiger partial charge >= 0.3 is 6.09 Å². The second-order valence-electron chi connectivity index (χ2n) is 11.7. The van der Waals surface area contributed by atoms with Gasteiger partial charge in [-0.15, -0.1) is 0 Å². The van der Waals surface area contributed by atoms with E-state index in [4.69, 9.17) is 4.74 Å². The minimum atomic E-state index is -4.95. The molecule has 13 nitrogen and oxygen atoms in total. The van der Waals surface area contributed by atoms with Crippen LogP contribution in [0.2, 0.25) is 0 Å². The van der Waals surface area contributed by atoms with Gasteiger partial charge in [0.05, 0.1) is 12.1 Å². The Bertz CT molecular complexity index is 1020. The molecule has 3 fully saturated rings. The molecule has 4 amide bonds. The molecule has 5 N–H and O–H groups in total. The Morgan fingerprint density at radius 2 is 1.80 bits per heavy atom. The number of nitrogens with zero attached hydrogens (tertiary/aromatic N) is 1. The van der Waals surface area contributed by atoms with Gasteiger partial charge in [0.25, 0.3) is 10.1 Å². The Morgan fingerprint density at radius 1 is 1.10 bits per heavy atom. The number of carbonyl (C=O) groups is 4. The first-order valence-corrected chi connectivity index (χ1v) is 15.8. The van der Waals surface area contributed by atoms with Crippen LogP contribution in [0.5, 0.6) is 0 Å². The molecule has 1 saturated carbocycles. The lowest BCUT2D eigenvalue weighted by Gasteiger charge is -2.31. The predicted octanol–water partition coefficient (Wildman–Crippen LogP) is 0.916. The Morgan fingerprint density at radius 3 is 2.40 bits per heavy atom. The van der Waals surface area contributed by atoms with Crippen molar-refractivity contribution in [1.82, 2.24) is 20.9 Å².